The molecule has 0 aliphatic carbocycles. The first-order valence-electron chi connectivity index (χ1n) is 6.14. The largest absolute Gasteiger partial charge is 0.478 e. The molecule has 0 amide bonds. The molecule has 1 heterocycles. The molecule has 2 aromatic rings. The fourth-order valence-corrected chi connectivity index (χ4v) is 1.97. The molecule has 21 heavy (non-hydrogen) atoms. The zero-order chi connectivity index (χ0) is 15.4. The molecule has 0 fully saturated rings. The molecule has 0 unspecified atom stereocenters. The van der Waals surface area contributed by atoms with Gasteiger partial charge in [-0.3, -0.25) is 15.1 Å². The molecule has 7 nitrogen and oxygen atoms in total. The molecule has 0 aliphatic rings. The van der Waals surface area contributed by atoms with Crippen LogP contribution in [-0.2, 0) is 6.54 Å². The molecule has 1 aromatic carbocycles. The van der Waals surface area contributed by atoms with Gasteiger partial charge in [0.15, 0.2) is 0 Å². The van der Waals surface area contributed by atoms with Crippen molar-refractivity contribution in [2.24, 2.45) is 0 Å². The van der Waals surface area contributed by atoms with Crippen molar-refractivity contribution in [3.8, 4) is 0 Å². The van der Waals surface area contributed by atoms with Crippen LogP contribution in [0.5, 0.6) is 0 Å². The molecule has 0 aliphatic heterocycles. The highest BCUT2D eigenvalue weighted by molar-refractivity contribution is 5.93. The monoisotopic (exact) mass is 287 g/mol. The fraction of sp³-hybridized carbons (Fsp3) is 0.143. The number of nitro benzene ring substituents is 1. The summed E-state index contributed by atoms with van der Waals surface area (Å²) in [5.41, 5.74) is 1.79. The van der Waals surface area contributed by atoms with E-state index in [9.17, 15) is 14.9 Å². The summed E-state index contributed by atoms with van der Waals surface area (Å²) in [7, 11) is 0. The summed E-state index contributed by atoms with van der Waals surface area (Å²) < 4.78 is 0. The lowest BCUT2D eigenvalue weighted by molar-refractivity contribution is -0.385. The zero-order valence-corrected chi connectivity index (χ0v) is 11.2. The molecule has 0 saturated heterocycles. The maximum atomic E-state index is 11.1. The lowest BCUT2D eigenvalue weighted by atomic mass is 10.1. The number of nitrogens with zero attached hydrogens (tertiary/aromatic N) is 2. The molecule has 0 radical (unpaired) electrons. The first kappa shape index (κ1) is 14.4. The van der Waals surface area contributed by atoms with Crippen molar-refractivity contribution >= 4 is 17.3 Å². The minimum Gasteiger partial charge on any atom is -0.478 e. The van der Waals surface area contributed by atoms with E-state index < -0.39 is 10.9 Å². The topological polar surface area (TPSA) is 105 Å². The molecule has 0 atom stereocenters. The van der Waals surface area contributed by atoms with Gasteiger partial charge >= 0.3 is 5.97 Å². The number of rotatable bonds is 5. The first-order chi connectivity index (χ1) is 10.0. The second-order valence-corrected chi connectivity index (χ2v) is 4.40. The summed E-state index contributed by atoms with van der Waals surface area (Å²) in [5.74, 6) is -1.06. The highest BCUT2D eigenvalue weighted by Gasteiger charge is 2.14. The molecule has 0 bridgehead atoms. The van der Waals surface area contributed by atoms with Crippen molar-refractivity contribution in [2.75, 3.05) is 5.32 Å². The third-order valence-electron chi connectivity index (χ3n) is 3.13. The lowest BCUT2D eigenvalue weighted by Gasteiger charge is -2.10. The number of carboxylic acid groups (broad SMARTS) is 1. The second-order valence-electron chi connectivity index (χ2n) is 4.40. The van der Waals surface area contributed by atoms with Crippen LogP contribution in [-0.4, -0.2) is 21.0 Å². The number of aromatic carboxylic acids is 1. The van der Waals surface area contributed by atoms with Crippen LogP contribution in [0.2, 0.25) is 0 Å². The van der Waals surface area contributed by atoms with E-state index in [2.05, 4.69) is 10.3 Å². The van der Waals surface area contributed by atoms with E-state index >= 15 is 0 Å². The van der Waals surface area contributed by atoms with E-state index in [-0.39, 0.29) is 17.8 Å². The Morgan fingerprint density at radius 2 is 2.19 bits per heavy atom. The number of carbonyl (C=O) groups is 1. The minimum absolute atomic E-state index is 0.0407. The van der Waals surface area contributed by atoms with Crippen LogP contribution in [0.3, 0.4) is 0 Å². The van der Waals surface area contributed by atoms with Gasteiger partial charge in [0.2, 0.25) is 0 Å². The molecule has 0 saturated carbocycles. The summed E-state index contributed by atoms with van der Waals surface area (Å²) in [6.45, 7) is 1.94. The van der Waals surface area contributed by atoms with Crippen LogP contribution in [0.15, 0.2) is 36.7 Å². The van der Waals surface area contributed by atoms with Gasteiger partial charge in [-0.1, -0.05) is 12.1 Å². The number of anilines is 1. The second kappa shape index (κ2) is 6.00. The van der Waals surface area contributed by atoms with Crippen molar-refractivity contribution in [3.05, 3.63) is 63.5 Å². The fourth-order valence-electron chi connectivity index (χ4n) is 1.97. The van der Waals surface area contributed by atoms with E-state index in [0.717, 1.165) is 5.56 Å². The maximum absolute atomic E-state index is 11.1. The first-order valence-corrected chi connectivity index (χ1v) is 6.14. The highest BCUT2D eigenvalue weighted by atomic mass is 16.6. The average Bonchev–Trinajstić information content (AvgIpc) is 2.46. The van der Waals surface area contributed by atoms with E-state index in [1.165, 1.54) is 24.5 Å². The smallest absolute Gasteiger partial charge is 0.337 e. The molecule has 108 valence electrons. The Morgan fingerprint density at radius 3 is 2.86 bits per heavy atom. The number of hydrogen-bond acceptors (Lipinski definition) is 5. The Bertz CT molecular complexity index is 700. The molecule has 2 N–H and O–H groups in total. The zero-order valence-electron chi connectivity index (χ0n) is 11.2. The van der Waals surface area contributed by atoms with E-state index in [0.29, 0.717) is 11.3 Å². The van der Waals surface area contributed by atoms with Crippen LogP contribution in [0.1, 0.15) is 21.5 Å². The molecule has 0 spiro atoms. The number of carboxylic acids is 1. The molecule has 2 rings (SSSR count). The van der Waals surface area contributed by atoms with Crippen molar-refractivity contribution < 1.29 is 14.8 Å². The number of aromatic nitrogens is 1. The number of nitro groups is 1. The van der Waals surface area contributed by atoms with Crippen LogP contribution >= 0.6 is 0 Å². The number of pyridine rings is 1. The van der Waals surface area contributed by atoms with E-state index in [1.54, 1.807) is 19.1 Å². The van der Waals surface area contributed by atoms with Gasteiger partial charge < -0.3 is 10.4 Å². The summed E-state index contributed by atoms with van der Waals surface area (Å²) in [4.78, 5) is 25.4. The number of nitrogens with one attached hydrogen (secondary N) is 1. The highest BCUT2D eigenvalue weighted by Crippen LogP contribution is 2.22. The van der Waals surface area contributed by atoms with Gasteiger partial charge in [-0.25, -0.2) is 4.79 Å². The van der Waals surface area contributed by atoms with Gasteiger partial charge in [-0.2, -0.15) is 0 Å². The Labute approximate surface area is 120 Å². The Hall–Kier alpha value is -2.96. The number of benzene rings is 1. The Morgan fingerprint density at radius 1 is 1.43 bits per heavy atom. The predicted molar refractivity (Wildman–Crippen MR) is 76.4 cm³/mol. The van der Waals surface area contributed by atoms with Gasteiger partial charge in [0.25, 0.3) is 5.69 Å². The third kappa shape index (κ3) is 3.14. The lowest BCUT2D eigenvalue weighted by Crippen LogP contribution is -2.08. The van der Waals surface area contributed by atoms with E-state index in [4.69, 9.17) is 5.11 Å². The van der Waals surface area contributed by atoms with Crippen LogP contribution < -0.4 is 5.32 Å². The SMILES string of the molecule is Cc1c(CNc2cnccc2C(=O)O)cccc1[N+](=O)[O-]. The van der Waals surface area contributed by atoms with Gasteiger partial charge in [-0.15, -0.1) is 0 Å². The third-order valence-corrected chi connectivity index (χ3v) is 3.13. The number of hydrogen-bond donors (Lipinski definition) is 2. The average molecular weight is 287 g/mol. The summed E-state index contributed by atoms with van der Waals surface area (Å²) in [6, 6.07) is 6.19. The summed E-state index contributed by atoms with van der Waals surface area (Å²) in [6.07, 6.45) is 2.81. The maximum Gasteiger partial charge on any atom is 0.337 e. The van der Waals surface area contributed by atoms with E-state index in [1.807, 2.05) is 0 Å². The van der Waals surface area contributed by atoms with Crippen LogP contribution in [0.25, 0.3) is 0 Å². The van der Waals surface area contributed by atoms with Crippen LogP contribution in [0, 0.1) is 17.0 Å². The van der Waals surface area contributed by atoms with Gasteiger partial charge in [0.1, 0.15) is 0 Å². The summed E-state index contributed by atoms with van der Waals surface area (Å²) in [5, 5.41) is 22.9. The molecule has 1 aromatic heterocycles. The van der Waals surface area contributed by atoms with Gasteiger partial charge in [-0.05, 0) is 18.6 Å². The quantitative estimate of drug-likeness (QED) is 0.646. The van der Waals surface area contributed by atoms with Crippen molar-refractivity contribution in [3.63, 3.8) is 0 Å². The van der Waals surface area contributed by atoms with Gasteiger partial charge in [0.05, 0.1) is 22.4 Å². The van der Waals surface area contributed by atoms with Crippen molar-refractivity contribution in [2.45, 2.75) is 13.5 Å². The minimum atomic E-state index is -1.06. The van der Waals surface area contributed by atoms with Gasteiger partial charge in [0, 0.05) is 24.4 Å². The molecular formula is C14H13N3O4. The predicted octanol–water partition coefficient (Wildman–Crippen LogP) is 2.61. The standard InChI is InChI=1S/C14H13N3O4/c1-9-10(3-2-4-13(9)17(20)21)7-16-12-8-15-6-5-11(12)14(18)19/h2-6,8,16H,7H2,1H3,(H,18,19). The van der Waals surface area contributed by atoms with Crippen molar-refractivity contribution in [1.29, 1.82) is 0 Å². The normalized spacial score (nSPS) is 10.1. The molecule has 7 heteroatoms. The summed E-state index contributed by atoms with van der Waals surface area (Å²) >= 11 is 0. The molecular weight excluding hydrogens is 274 g/mol. The van der Waals surface area contributed by atoms with Crippen molar-refractivity contribution in [1.82, 2.24) is 4.98 Å². The van der Waals surface area contributed by atoms with Crippen LogP contribution in [0.4, 0.5) is 11.4 Å². The Balaban J connectivity index is 2.23. The Kier molecular flexibility index (Phi) is 4.13.